The van der Waals surface area contributed by atoms with Crippen LogP contribution in [0.2, 0.25) is 0 Å². The van der Waals surface area contributed by atoms with Crippen molar-refractivity contribution in [2.24, 2.45) is 0 Å². The summed E-state index contributed by atoms with van der Waals surface area (Å²) >= 11 is 0. The van der Waals surface area contributed by atoms with Crippen LogP contribution < -0.4 is 4.90 Å². The molecule has 0 unspecified atom stereocenters. The first-order valence-corrected chi connectivity index (χ1v) is 6.18. The smallest absolute Gasteiger partial charge is 0.266 e. The lowest BCUT2D eigenvalue weighted by Gasteiger charge is -2.14. The van der Waals surface area contributed by atoms with Gasteiger partial charge in [0, 0.05) is 5.56 Å². The number of carbonyl (C=O) groups excluding carboxylic acids is 3. The number of amides is 2. The third-order valence-electron chi connectivity index (χ3n) is 3.30. The van der Waals surface area contributed by atoms with E-state index in [2.05, 4.69) is 0 Å². The van der Waals surface area contributed by atoms with Gasteiger partial charge in [-0.2, -0.15) is 0 Å². The van der Waals surface area contributed by atoms with Crippen molar-refractivity contribution in [1.29, 1.82) is 0 Å². The summed E-state index contributed by atoms with van der Waals surface area (Å²) in [6.07, 6.45) is 0. The molecule has 0 atom stereocenters. The van der Waals surface area contributed by atoms with Crippen molar-refractivity contribution in [3.63, 3.8) is 0 Å². The van der Waals surface area contributed by atoms with E-state index < -0.39 is 0 Å². The number of carbonyl (C=O) groups is 3. The maximum absolute atomic E-state index is 12.3. The molecule has 1 aliphatic heterocycles. The molecule has 20 heavy (non-hydrogen) atoms. The van der Waals surface area contributed by atoms with Gasteiger partial charge in [-0.3, -0.25) is 14.4 Å². The van der Waals surface area contributed by atoms with E-state index in [0.717, 1.165) is 4.90 Å². The number of fused-ring (bicyclic) bond motifs is 1. The van der Waals surface area contributed by atoms with Crippen molar-refractivity contribution < 1.29 is 14.4 Å². The van der Waals surface area contributed by atoms with Crippen LogP contribution in [0.25, 0.3) is 0 Å². The van der Waals surface area contributed by atoms with E-state index in [9.17, 15) is 14.4 Å². The van der Waals surface area contributed by atoms with Crippen LogP contribution in [-0.4, -0.2) is 17.6 Å². The van der Waals surface area contributed by atoms with Gasteiger partial charge >= 0.3 is 0 Å². The first-order valence-electron chi connectivity index (χ1n) is 6.18. The van der Waals surface area contributed by atoms with Crippen LogP contribution in [0.4, 0.5) is 5.69 Å². The topological polar surface area (TPSA) is 54.5 Å². The molecule has 0 saturated heterocycles. The maximum atomic E-state index is 12.3. The molecule has 0 fully saturated rings. The molecular formula is C16H11NO3. The molecule has 0 aliphatic carbocycles. The molecule has 2 amide bonds. The number of ketones is 1. The molecular weight excluding hydrogens is 254 g/mol. The zero-order valence-corrected chi connectivity index (χ0v) is 10.8. The fraction of sp³-hybridized carbons (Fsp3) is 0.0625. The number of anilines is 1. The summed E-state index contributed by atoms with van der Waals surface area (Å²) in [4.78, 5) is 37.1. The van der Waals surface area contributed by atoms with Crippen molar-refractivity contribution in [1.82, 2.24) is 0 Å². The Labute approximate surface area is 115 Å². The van der Waals surface area contributed by atoms with E-state index in [-0.39, 0.29) is 17.6 Å². The minimum atomic E-state index is -0.355. The van der Waals surface area contributed by atoms with Crippen molar-refractivity contribution >= 4 is 23.3 Å². The summed E-state index contributed by atoms with van der Waals surface area (Å²) in [6, 6.07) is 13.2. The summed E-state index contributed by atoms with van der Waals surface area (Å²) < 4.78 is 0. The van der Waals surface area contributed by atoms with Gasteiger partial charge in [-0.1, -0.05) is 24.3 Å². The monoisotopic (exact) mass is 265 g/mol. The molecule has 0 radical (unpaired) electrons. The zero-order chi connectivity index (χ0) is 14.3. The Morgan fingerprint density at radius 1 is 0.900 bits per heavy atom. The number of hydrogen-bond donors (Lipinski definition) is 0. The molecule has 2 aromatic carbocycles. The molecule has 2 aromatic rings. The summed E-state index contributed by atoms with van der Waals surface area (Å²) in [5.74, 6) is -0.818. The second-order valence-electron chi connectivity index (χ2n) is 4.60. The van der Waals surface area contributed by atoms with Crippen molar-refractivity contribution in [2.75, 3.05) is 4.90 Å². The van der Waals surface area contributed by atoms with E-state index in [1.807, 2.05) is 0 Å². The van der Waals surface area contributed by atoms with Gasteiger partial charge in [0.25, 0.3) is 11.8 Å². The molecule has 4 nitrogen and oxygen atoms in total. The highest BCUT2D eigenvalue weighted by atomic mass is 16.2. The predicted molar refractivity (Wildman–Crippen MR) is 74.0 cm³/mol. The normalized spacial score (nSPS) is 13.6. The summed E-state index contributed by atoms with van der Waals surface area (Å²) in [7, 11) is 0. The van der Waals surface area contributed by atoms with Gasteiger partial charge in [-0.25, -0.2) is 4.90 Å². The number of rotatable bonds is 2. The fourth-order valence-electron chi connectivity index (χ4n) is 2.29. The molecule has 0 N–H and O–H groups in total. The lowest BCUT2D eigenvalue weighted by molar-refractivity contribution is 0.0923. The Balaban J connectivity index is 2.09. The standard InChI is InChI=1S/C16H11NO3/c1-10(18)11-5-4-6-12(9-11)17-15(19)13-7-2-3-8-14(13)16(17)20/h2-9H,1H3. The van der Waals surface area contributed by atoms with E-state index >= 15 is 0 Å². The Morgan fingerprint density at radius 3 is 2.05 bits per heavy atom. The van der Waals surface area contributed by atoms with Gasteiger partial charge in [0.1, 0.15) is 0 Å². The molecule has 0 aromatic heterocycles. The highest BCUT2D eigenvalue weighted by Crippen LogP contribution is 2.28. The largest absolute Gasteiger partial charge is 0.295 e. The minimum absolute atomic E-state index is 0.108. The number of nitrogens with zero attached hydrogens (tertiary/aromatic N) is 1. The van der Waals surface area contributed by atoms with Gasteiger partial charge in [-0.15, -0.1) is 0 Å². The predicted octanol–water partition coefficient (Wildman–Crippen LogP) is 2.69. The van der Waals surface area contributed by atoms with Gasteiger partial charge in [0.15, 0.2) is 5.78 Å². The Hall–Kier alpha value is -2.75. The second kappa shape index (κ2) is 4.42. The van der Waals surface area contributed by atoms with Crippen LogP contribution in [0.15, 0.2) is 48.5 Å². The van der Waals surface area contributed by atoms with Gasteiger partial charge in [0.2, 0.25) is 0 Å². The third kappa shape index (κ3) is 1.73. The Morgan fingerprint density at radius 2 is 1.50 bits per heavy atom. The molecule has 1 aliphatic rings. The van der Waals surface area contributed by atoms with Crippen molar-refractivity contribution in [3.05, 3.63) is 65.2 Å². The van der Waals surface area contributed by atoms with Crippen LogP contribution >= 0.6 is 0 Å². The second-order valence-corrected chi connectivity index (χ2v) is 4.60. The molecule has 0 spiro atoms. The van der Waals surface area contributed by atoms with Gasteiger partial charge < -0.3 is 0 Å². The van der Waals surface area contributed by atoms with Gasteiger partial charge in [-0.05, 0) is 31.2 Å². The molecule has 3 rings (SSSR count). The van der Waals surface area contributed by atoms with E-state index in [0.29, 0.717) is 22.4 Å². The number of benzene rings is 2. The quantitative estimate of drug-likeness (QED) is 0.619. The van der Waals surface area contributed by atoms with Gasteiger partial charge in [0.05, 0.1) is 16.8 Å². The van der Waals surface area contributed by atoms with Crippen LogP contribution in [0, 0.1) is 0 Å². The minimum Gasteiger partial charge on any atom is -0.295 e. The Kier molecular flexibility index (Phi) is 2.71. The molecule has 4 heteroatoms. The number of imide groups is 1. The van der Waals surface area contributed by atoms with E-state index in [1.165, 1.54) is 6.92 Å². The number of hydrogen-bond acceptors (Lipinski definition) is 3. The average Bonchev–Trinajstić information content (AvgIpc) is 2.72. The van der Waals surface area contributed by atoms with Crippen molar-refractivity contribution in [2.45, 2.75) is 6.92 Å². The third-order valence-corrected chi connectivity index (χ3v) is 3.30. The first kappa shape index (κ1) is 12.3. The van der Waals surface area contributed by atoms with Crippen LogP contribution in [0.3, 0.4) is 0 Å². The zero-order valence-electron chi connectivity index (χ0n) is 10.8. The summed E-state index contributed by atoms with van der Waals surface area (Å²) in [5, 5.41) is 0. The fourth-order valence-corrected chi connectivity index (χ4v) is 2.29. The average molecular weight is 265 g/mol. The lowest BCUT2D eigenvalue weighted by atomic mass is 10.1. The van der Waals surface area contributed by atoms with Crippen LogP contribution in [0.5, 0.6) is 0 Å². The SMILES string of the molecule is CC(=O)c1cccc(N2C(=O)c3ccccc3C2=O)c1. The molecule has 0 bridgehead atoms. The highest BCUT2D eigenvalue weighted by Gasteiger charge is 2.36. The van der Waals surface area contributed by atoms with Crippen LogP contribution in [-0.2, 0) is 0 Å². The molecule has 1 heterocycles. The first-order chi connectivity index (χ1) is 9.59. The van der Waals surface area contributed by atoms with E-state index in [4.69, 9.17) is 0 Å². The summed E-state index contributed by atoms with van der Waals surface area (Å²) in [6.45, 7) is 1.45. The lowest BCUT2D eigenvalue weighted by Crippen LogP contribution is -2.29. The molecule has 0 saturated carbocycles. The van der Waals surface area contributed by atoms with Crippen molar-refractivity contribution in [3.8, 4) is 0 Å². The maximum Gasteiger partial charge on any atom is 0.266 e. The summed E-state index contributed by atoms with van der Waals surface area (Å²) in [5.41, 5.74) is 1.68. The number of Topliss-reactive ketones (excluding diaryl/α,β-unsaturated/α-hetero) is 1. The highest BCUT2D eigenvalue weighted by molar-refractivity contribution is 6.34. The van der Waals surface area contributed by atoms with E-state index in [1.54, 1.807) is 48.5 Å². The van der Waals surface area contributed by atoms with Crippen LogP contribution in [0.1, 0.15) is 38.0 Å². The molecule has 98 valence electrons. The Bertz CT molecular complexity index is 714.